The molecule has 1 rings (SSSR count). The maximum absolute atomic E-state index is 12.0. The molecule has 0 aromatic heterocycles. The van der Waals surface area contributed by atoms with E-state index in [-0.39, 0.29) is 11.9 Å². The summed E-state index contributed by atoms with van der Waals surface area (Å²) in [5.74, 6) is -0.0873. The van der Waals surface area contributed by atoms with Crippen LogP contribution in [0.2, 0.25) is 0 Å². The van der Waals surface area contributed by atoms with Crippen molar-refractivity contribution in [2.24, 2.45) is 5.73 Å². The average Bonchev–Trinajstić information content (AvgIpc) is 2.30. The fraction of sp³-hybridized carbons (Fsp3) is 0.500. The van der Waals surface area contributed by atoms with E-state index >= 15 is 0 Å². The van der Waals surface area contributed by atoms with E-state index < -0.39 is 5.54 Å². The lowest BCUT2D eigenvalue weighted by atomic mass is 9.95. The molecule has 0 heterocycles. The number of hydrogen-bond donors (Lipinski definition) is 2. The van der Waals surface area contributed by atoms with Crippen LogP contribution in [0.3, 0.4) is 0 Å². The lowest BCUT2D eigenvalue weighted by Crippen LogP contribution is -2.51. The largest absolute Gasteiger partial charge is 0.348 e. The maximum atomic E-state index is 12.0. The van der Waals surface area contributed by atoms with E-state index in [0.29, 0.717) is 6.42 Å². The summed E-state index contributed by atoms with van der Waals surface area (Å²) >= 11 is 0. The highest BCUT2D eigenvalue weighted by Gasteiger charge is 2.28. The molecule has 0 aliphatic rings. The summed E-state index contributed by atoms with van der Waals surface area (Å²) < 4.78 is 0. The van der Waals surface area contributed by atoms with Crippen molar-refractivity contribution in [2.75, 3.05) is 0 Å². The Kier molecular flexibility index (Phi) is 4.70. The summed E-state index contributed by atoms with van der Waals surface area (Å²) in [5.41, 5.74) is 6.30. The first-order valence-electron chi connectivity index (χ1n) is 6.12. The summed E-state index contributed by atoms with van der Waals surface area (Å²) in [7, 11) is 0. The summed E-state index contributed by atoms with van der Waals surface area (Å²) in [4.78, 5) is 12.0. The predicted octanol–water partition coefficient (Wildman–Crippen LogP) is 2.38. The third kappa shape index (κ3) is 3.86. The van der Waals surface area contributed by atoms with Crippen molar-refractivity contribution >= 4 is 5.91 Å². The van der Waals surface area contributed by atoms with Crippen molar-refractivity contribution in [3.05, 3.63) is 35.9 Å². The van der Waals surface area contributed by atoms with Crippen LogP contribution in [0.1, 0.15) is 45.2 Å². The molecule has 0 aliphatic carbocycles. The molecule has 0 saturated heterocycles. The predicted molar refractivity (Wildman–Crippen MR) is 70.5 cm³/mol. The first kappa shape index (κ1) is 13.7. The van der Waals surface area contributed by atoms with Gasteiger partial charge in [0.05, 0.1) is 11.6 Å². The second kappa shape index (κ2) is 5.82. The lowest BCUT2D eigenvalue weighted by Gasteiger charge is -2.25. The molecule has 2 atom stereocenters. The van der Waals surface area contributed by atoms with Gasteiger partial charge in [-0.2, -0.15) is 0 Å². The van der Waals surface area contributed by atoms with E-state index in [9.17, 15) is 4.79 Å². The van der Waals surface area contributed by atoms with Gasteiger partial charge in [0, 0.05) is 0 Å². The highest BCUT2D eigenvalue weighted by Crippen LogP contribution is 2.14. The normalized spacial score (nSPS) is 16.0. The zero-order valence-corrected chi connectivity index (χ0v) is 10.9. The third-order valence-corrected chi connectivity index (χ3v) is 2.94. The van der Waals surface area contributed by atoms with E-state index in [4.69, 9.17) is 5.73 Å². The van der Waals surface area contributed by atoms with Gasteiger partial charge >= 0.3 is 0 Å². The van der Waals surface area contributed by atoms with Gasteiger partial charge in [-0.15, -0.1) is 0 Å². The molecule has 0 bridgehead atoms. The van der Waals surface area contributed by atoms with Gasteiger partial charge in [0.15, 0.2) is 0 Å². The van der Waals surface area contributed by atoms with Crippen LogP contribution in [-0.4, -0.2) is 11.4 Å². The van der Waals surface area contributed by atoms with Gasteiger partial charge in [-0.1, -0.05) is 43.7 Å². The minimum Gasteiger partial charge on any atom is -0.348 e. The van der Waals surface area contributed by atoms with E-state index in [0.717, 1.165) is 12.0 Å². The summed E-state index contributed by atoms with van der Waals surface area (Å²) in [6, 6.07) is 9.87. The number of hydrogen-bond acceptors (Lipinski definition) is 2. The number of nitrogens with two attached hydrogens (primary N) is 1. The number of nitrogens with one attached hydrogen (secondary N) is 1. The molecular formula is C14H22N2O. The Labute approximate surface area is 103 Å². The molecular weight excluding hydrogens is 212 g/mol. The molecule has 0 unspecified atom stereocenters. The summed E-state index contributed by atoms with van der Waals surface area (Å²) in [6.07, 6.45) is 1.60. The van der Waals surface area contributed by atoms with Gasteiger partial charge in [0.25, 0.3) is 0 Å². The third-order valence-electron chi connectivity index (χ3n) is 2.94. The minimum atomic E-state index is -0.780. The van der Waals surface area contributed by atoms with Gasteiger partial charge < -0.3 is 11.1 Å². The van der Waals surface area contributed by atoms with Crippen LogP contribution in [0, 0.1) is 0 Å². The number of benzene rings is 1. The summed E-state index contributed by atoms with van der Waals surface area (Å²) in [5, 5.41) is 2.96. The van der Waals surface area contributed by atoms with Crippen LogP contribution >= 0.6 is 0 Å². The Morgan fingerprint density at radius 2 is 2.00 bits per heavy atom. The van der Waals surface area contributed by atoms with Gasteiger partial charge in [-0.25, -0.2) is 0 Å². The number of carbonyl (C=O) groups is 1. The van der Waals surface area contributed by atoms with Crippen LogP contribution in [-0.2, 0) is 4.79 Å². The lowest BCUT2D eigenvalue weighted by molar-refractivity contribution is -0.126. The molecule has 0 radical (unpaired) electrons. The maximum Gasteiger partial charge on any atom is 0.240 e. The number of rotatable bonds is 5. The second-order valence-corrected chi connectivity index (χ2v) is 4.77. The van der Waals surface area contributed by atoms with Crippen molar-refractivity contribution < 1.29 is 4.79 Å². The Morgan fingerprint density at radius 3 is 2.53 bits per heavy atom. The fourth-order valence-electron chi connectivity index (χ4n) is 1.82. The van der Waals surface area contributed by atoms with Gasteiger partial charge in [0.1, 0.15) is 0 Å². The first-order chi connectivity index (χ1) is 7.97. The highest BCUT2D eigenvalue weighted by molar-refractivity contribution is 5.85. The van der Waals surface area contributed by atoms with Gasteiger partial charge in [0.2, 0.25) is 5.91 Å². The molecule has 3 N–H and O–H groups in total. The van der Waals surface area contributed by atoms with Crippen LogP contribution < -0.4 is 11.1 Å². The molecule has 3 nitrogen and oxygen atoms in total. The van der Waals surface area contributed by atoms with Crippen molar-refractivity contribution in [2.45, 2.75) is 45.2 Å². The molecule has 1 amide bonds. The number of amides is 1. The molecule has 94 valence electrons. The second-order valence-electron chi connectivity index (χ2n) is 4.77. The van der Waals surface area contributed by atoms with E-state index in [1.165, 1.54) is 0 Å². The SMILES string of the molecule is CCC[C@](C)(N)C(=O)N[C@H](C)c1ccccc1. The molecule has 3 heteroatoms. The van der Waals surface area contributed by atoms with E-state index in [2.05, 4.69) is 5.32 Å². The Morgan fingerprint density at radius 1 is 1.41 bits per heavy atom. The first-order valence-corrected chi connectivity index (χ1v) is 6.12. The summed E-state index contributed by atoms with van der Waals surface area (Å²) in [6.45, 7) is 5.78. The average molecular weight is 234 g/mol. The molecule has 0 aliphatic heterocycles. The van der Waals surface area contributed by atoms with Crippen LogP contribution in [0.15, 0.2) is 30.3 Å². The van der Waals surface area contributed by atoms with Crippen LogP contribution in [0.4, 0.5) is 0 Å². The zero-order valence-electron chi connectivity index (χ0n) is 10.9. The van der Waals surface area contributed by atoms with Crippen LogP contribution in [0.5, 0.6) is 0 Å². The zero-order chi connectivity index (χ0) is 12.9. The topological polar surface area (TPSA) is 55.1 Å². The molecule has 17 heavy (non-hydrogen) atoms. The molecule has 1 aromatic carbocycles. The number of carbonyl (C=O) groups excluding carboxylic acids is 1. The van der Waals surface area contributed by atoms with E-state index in [1.54, 1.807) is 6.92 Å². The van der Waals surface area contributed by atoms with Crippen molar-refractivity contribution in [3.63, 3.8) is 0 Å². The van der Waals surface area contributed by atoms with Gasteiger partial charge in [-0.3, -0.25) is 4.79 Å². The Hall–Kier alpha value is -1.35. The Bertz CT molecular complexity index is 360. The molecule has 0 spiro atoms. The minimum absolute atomic E-state index is 0.0107. The fourth-order valence-corrected chi connectivity index (χ4v) is 1.82. The highest BCUT2D eigenvalue weighted by atomic mass is 16.2. The van der Waals surface area contributed by atoms with Gasteiger partial charge in [-0.05, 0) is 25.8 Å². The van der Waals surface area contributed by atoms with Crippen LogP contribution in [0.25, 0.3) is 0 Å². The monoisotopic (exact) mass is 234 g/mol. The van der Waals surface area contributed by atoms with Crippen molar-refractivity contribution in [1.82, 2.24) is 5.32 Å². The molecule has 0 fully saturated rings. The molecule has 0 saturated carbocycles. The smallest absolute Gasteiger partial charge is 0.240 e. The quantitative estimate of drug-likeness (QED) is 0.822. The standard InChI is InChI=1S/C14H22N2O/c1-4-10-14(3,15)13(17)16-11(2)12-8-6-5-7-9-12/h5-9,11H,4,10,15H2,1-3H3,(H,16,17)/t11-,14+/m1/s1. The Balaban J connectivity index is 2.63. The van der Waals surface area contributed by atoms with Crippen molar-refractivity contribution in [3.8, 4) is 0 Å². The molecule has 1 aromatic rings. The van der Waals surface area contributed by atoms with E-state index in [1.807, 2.05) is 44.2 Å². The van der Waals surface area contributed by atoms with Crippen molar-refractivity contribution in [1.29, 1.82) is 0 Å².